The number of alkyl halides is 3. The van der Waals surface area contributed by atoms with E-state index in [0.717, 1.165) is 47.4 Å². The molecule has 0 unspecified atom stereocenters. The van der Waals surface area contributed by atoms with Crippen LogP contribution in [-0.4, -0.2) is 16.5 Å². The second kappa shape index (κ2) is 15.9. The van der Waals surface area contributed by atoms with Crippen molar-refractivity contribution < 1.29 is 13.2 Å². The predicted octanol–water partition coefficient (Wildman–Crippen LogP) is 10.1. The Bertz CT molecular complexity index is 1050. The van der Waals surface area contributed by atoms with Crippen LogP contribution in [0.1, 0.15) is 95.1 Å². The van der Waals surface area contributed by atoms with Crippen LogP contribution in [0, 0.1) is 0 Å². The van der Waals surface area contributed by atoms with E-state index in [-0.39, 0.29) is 0 Å². The van der Waals surface area contributed by atoms with Crippen LogP contribution in [0.5, 0.6) is 0 Å². The van der Waals surface area contributed by atoms with Crippen molar-refractivity contribution in [2.24, 2.45) is 0 Å². The van der Waals surface area contributed by atoms with Gasteiger partial charge >= 0.3 is 6.18 Å². The van der Waals surface area contributed by atoms with Crippen molar-refractivity contribution in [3.8, 4) is 0 Å². The van der Waals surface area contributed by atoms with Gasteiger partial charge in [-0.25, -0.2) is 9.97 Å². The van der Waals surface area contributed by atoms with Gasteiger partial charge in [-0.1, -0.05) is 114 Å². The molecule has 0 amide bonds. The van der Waals surface area contributed by atoms with Crippen molar-refractivity contribution in [2.45, 2.75) is 101 Å². The SMILES string of the molecule is CCCCCCCCCCCCCCNc1nc(SCc2ccc(C(F)(F)F)cc2)nc2ccccc12. The topological polar surface area (TPSA) is 37.8 Å². The average molecular weight is 532 g/mol. The summed E-state index contributed by atoms with van der Waals surface area (Å²) in [4.78, 5) is 9.38. The number of hydrogen-bond donors (Lipinski definition) is 1. The Kier molecular flexibility index (Phi) is 12.5. The first kappa shape index (κ1) is 29.3. The van der Waals surface area contributed by atoms with Crippen LogP contribution in [0.3, 0.4) is 0 Å². The molecule has 1 heterocycles. The summed E-state index contributed by atoms with van der Waals surface area (Å²) in [5.41, 5.74) is 1.04. The zero-order valence-electron chi connectivity index (χ0n) is 22.0. The van der Waals surface area contributed by atoms with E-state index in [4.69, 9.17) is 4.98 Å². The maximum Gasteiger partial charge on any atom is 0.416 e. The Morgan fingerprint density at radius 1 is 0.730 bits per heavy atom. The third-order valence-corrected chi connectivity index (χ3v) is 7.47. The van der Waals surface area contributed by atoms with Gasteiger partial charge < -0.3 is 5.32 Å². The molecule has 1 N–H and O–H groups in total. The van der Waals surface area contributed by atoms with Crippen molar-refractivity contribution >= 4 is 28.5 Å². The molecule has 202 valence electrons. The zero-order chi connectivity index (χ0) is 26.3. The molecular weight excluding hydrogens is 491 g/mol. The highest BCUT2D eigenvalue weighted by atomic mass is 32.2. The maximum absolute atomic E-state index is 12.8. The molecule has 0 aliphatic heterocycles. The molecule has 0 fully saturated rings. The van der Waals surface area contributed by atoms with Crippen LogP contribution >= 0.6 is 11.8 Å². The number of rotatable bonds is 17. The van der Waals surface area contributed by atoms with E-state index in [2.05, 4.69) is 17.2 Å². The van der Waals surface area contributed by atoms with Crippen molar-refractivity contribution in [3.63, 3.8) is 0 Å². The van der Waals surface area contributed by atoms with Gasteiger partial charge in [0.05, 0.1) is 11.1 Å². The van der Waals surface area contributed by atoms with Crippen LogP contribution in [0.4, 0.5) is 19.0 Å². The number of hydrogen-bond acceptors (Lipinski definition) is 4. The number of aromatic nitrogens is 2. The molecule has 7 heteroatoms. The van der Waals surface area contributed by atoms with Crippen LogP contribution in [-0.2, 0) is 11.9 Å². The van der Waals surface area contributed by atoms with Gasteiger partial charge in [-0.05, 0) is 36.2 Å². The lowest BCUT2D eigenvalue weighted by Crippen LogP contribution is -2.06. The van der Waals surface area contributed by atoms with E-state index in [1.165, 1.54) is 94.5 Å². The van der Waals surface area contributed by atoms with Crippen LogP contribution in [0.25, 0.3) is 10.9 Å². The van der Waals surface area contributed by atoms with Crippen LogP contribution < -0.4 is 5.32 Å². The smallest absolute Gasteiger partial charge is 0.369 e. The minimum absolute atomic E-state index is 0.509. The molecule has 0 saturated carbocycles. The third-order valence-electron chi connectivity index (χ3n) is 6.55. The summed E-state index contributed by atoms with van der Waals surface area (Å²) in [5.74, 6) is 1.33. The number of fused-ring (bicyclic) bond motifs is 1. The predicted molar refractivity (Wildman–Crippen MR) is 150 cm³/mol. The van der Waals surface area contributed by atoms with Crippen molar-refractivity contribution in [1.29, 1.82) is 0 Å². The van der Waals surface area contributed by atoms with Crippen molar-refractivity contribution in [3.05, 3.63) is 59.7 Å². The highest BCUT2D eigenvalue weighted by Crippen LogP contribution is 2.31. The van der Waals surface area contributed by atoms with Gasteiger partial charge in [-0.2, -0.15) is 13.2 Å². The van der Waals surface area contributed by atoms with E-state index in [9.17, 15) is 13.2 Å². The van der Waals surface area contributed by atoms with E-state index in [1.54, 1.807) is 0 Å². The summed E-state index contributed by atoms with van der Waals surface area (Å²) in [6.07, 6.45) is 11.5. The first-order valence-corrected chi connectivity index (χ1v) is 14.8. The Labute approximate surface area is 224 Å². The number of benzene rings is 2. The highest BCUT2D eigenvalue weighted by Gasteiger charge is 2.29. The number of unbranched alkanes of at least 4 members (excludes halogenated alkanes) is 11. The van der Waals surface area contributed by atoms with Gasteiger partial charge in [0.25, 0.3) is 0 Å². The first-order valence-electron chi connectivity index (χ1n) is 13.8. The summed E-state index contributed by atoms with van der Waals surface area (Å²) in [5, 5.41) is 5.10. The van der Waals surface area contributed by atoms with Crippen LogP contribution in [0.2, 0.25) is 0 Å². The zero-order valence-corrected chi connectivity index (χ0v) is 22.8. The molecule has 0 spiro atoms. The minimum atomic E-state index is -4.32. The largest absolute Gasteiger partial charge is 0.416 e. The summed E-state index contributed by atoms with van der Waals surface area (Å²) in [7, 11) is 0. The van der Waals surface area contributed by atoms with E-state index in [1.807, 2.05) is 24.3 Å². The molecule has 0 radical (unpaired) electrons. The monoisotopic (exact) mass is 531 g/mol. The number of thioether (sulfide) groups is 1. The molecule has 2 aromatic carbocycles. The maximum atomic E-state index is 12.8. The van der Waals surface area contributed by atoms with Crippen LogP contribution in [0.15, 0.2) is 53.7 Å². The van der Waals surface area contributed by atoms with E-state index in [0.29, 0.717) is 10.9 Å². The minimum Gasteiger partial charge on any atom is -0.369 e. The van der Waals surface area contributed by atoms with Gasteiger partial charge in [0.1, 0.15) is 5.82 Å². The molecular formula is C30H40F3N3S. The van der Waals surface area contributed by atoms with E-state index >= 15 is 0 Å². The Morgan fingerprint density at radius 3 is 1.95 bits per heavy atom. The second-order valence-electron chi connectivity index (χ2n) is 9.67. The summed E-state index contributed by atoms with van der Waals surface area (Å²) < 4.78 is 38.4. The standard InChI is InChI=1S/C30H40F3N3S/c1-2-3-4-5-6-7-8-9-10-11-12-15-22-34-28-26-16-13-14-17-27(26)35-29(36-28)37-23-24-18-20-25(21-19-24)30(31,32)33/h13-14,16-21H,2-12,15,22-23H2,1H3,(H,34,35,36). The first-order chi connectivity index (χ1) is 18.0. The number of halogens is 3. The fourth-order valence-electron chi connectivity index (χ4n) is 4.37. The molecule has 0 aliphatic carbocycles. The Hall–Kier alpha value is -2.28. The lowest BCUT2D eigenvalue weighted by Gasteiger charge is -2.11. The van der Waals surface area contributed by atoms with Crippen molar-refractivity contribution in [1.82, 2.24) is 9.97 Å². The quantitative estimate of drug-likeness (QED) is 0.107. The third kappa shape index (κ3) is 10.5. The van der Waals surface area contributed by atoms with Gasteiger partial charge in [-0.3, -0.25) is 0 Å². The number of nitrogens with zero attached hydrogens (tertiary/aromatic N) is 2. The molecule has 0 bridgehead atoms. The molecule has 0 saturated heterocycles. The van der Waals surface area contributed by atoms with Gasteiger partial charge in [0.2, 0.25) is 0 Å². The Morgan fingerprint density at radius 2 is 1.32 bits per heavy atom. The second-order valence-corrected chi connectivity index (χ2v) is 10.6. The van der Waals surface area contributed by atoms with Gasteiger partial charge in [0.15, 0.2) is 5.16 Å². The lowest BCUT2D eigenvalue weighted by molar-refractivity contribution is -0.137. The number of anilines is 1. The van der Waals surface area contributed by atoms with E-state index < -0.39 is 11.7 Å². The molecule has 3 nitrogen and oxygen atoms in total. The normalized spacial score (nSPS) is 11.8. The van der Waals surface area contributed by atoms with Crippen molar-refractivity contribution in [2.75, 3.05) is 11.9 Å². The molecule has 0 atom stereocenters. The molecule has 0 aliphatic rings. The summed E-state index contributed by atoms with van der Waals surface area (Å²) in [6, 6.07) is 13.2. The lowest BCUT2D eigenvalue weighted by atomic mass is 10.1. The average Bonchev–Trinajstić information content (AvgIpc) is 2.89. The fourth-order valence-corrected chi connectivity index (χ4v) is 5.17. The fraction of sp³-hybridized carbons (Fsp3) is 0.533. The van der Waals surface area contributed by atoms with Gasteiger partial charge in [-0.15, -0.1) is 0 Å². The van der Waals surface area contributed by atoms with Gasteiger partial charge in [0, 0.05) is 17.7 Å². The Balaban J connectivity index is 1.41. The molecule has 3 rings (SSSR count). The highest BCUT2D eigenvalue weighted by molar-refractivity contribution is 7.98. The molecule has 37 heavy (non-hydrogen) atoms. The summed E-state index contributed by atoms with van der Waals surface area (Å²) >= 11 is 1.43. The molecule has 1 aromatic heterocycles. The number of para-hydroxylation sites is 1. The summed E-state index contributed by atoms with van der Waals surface area (Å²) in [6.45, 7) is 3.12. The molecule has 3 aromatic rings. The number of nitrogens with one attached hydrogen (secondary N) is 1.